The molecule has 0 spiro atoms. The Morgan fingerprint density at radius 3 is 3.05 bits per heavy atom. The third-order valence-electron chi connectivity index (χ3n) is 3.82. The van der Waals surface area contributed by atoms with Gasteiger partial charge in [0.05, 0.1) is 18.6 Å². The highest BCUT2D eigenvalue weighted by atomic mass is 19.1. The lowest BCUT2D eigenvalue weighted by Gasteiger charge is -2.28. The minimum absolute atomic E-state index is 0.000170. The Morgan fingerprint density at radius 1 is 1.52 bits per heavy atom. The van der Waals surface area contributed by atoms with Gasteiger partial charge in [-0.1, -0.05) is 6.07 Å². The smallest absolute Gasteiger partial charge is 0.225 e. The van der Waals surface area contributed by atoms with Gasteiger partial charge in [-0.2, -0.15) is 0 Å². The zero-order chi connectivity index (χ0) is 15.2. The summed E-state index contributed by atoms with van der Waals surface area (Å²) in [7, 11) is 1.53. The second kappa shape index (κ2) is 7.52. The highest BCUT2D eigenvalue weighted by molar-refractivity contribution is 5.79. The van der Waals surface area contributed by atoms with Gasteiger partial charge in [0.25, 0.3) is 0 Å². The summed E-state index contributed by atoms with van der Waals surface area (Å²) in [6.45, 7) is 3.27. The summed E-state index contributed by atoms with van der Waals surface area (Å²) < 4.78 is 24.0. The highest BCUT2D eigenvalue weighted by Crippen LogP contribution is 2.20. The molecule has 0 saturated carbocycles. The molecule has 0 unspecified atom stereocenters. The Balaban J connectivity index is 1.93. The van der Waals surface area contributed by atoms with Crippen molar-refractivity contribution in [3.05, 3.63) is 35.1 Å². The zero-order valence-electron chi connectivity index (χ0n) is 12.5. The van der Waals surface area contributed by atoms with Crippen molar-refractivity contribution in [2.45, 2.75) is 39.0 Å². The Bertz CT molecular complexity index is 492. The van der Waals surface area contributed by atoms with Crippen LogP contribution < -0.4 is 5.32 Å². The summed E-state index contributed by atoms with van der Waals surface area (Å²) in [5.74, 6) is -0.390. The molecular formula is C16H22FNO3. The van der Waals surface area contributed by atoms with E-state index in [0.29, 0.717) is 12.1 Å². The first-order valence-corrected chi connectivity index (χ1v) is 7.27. The minimum Gasteiger partial charge on any atom is -0.380 e. The maximum atomic E-state index is 13.5. The SMILES string of the molecule is COCc1cc(CNC(=O)[C@@H]2CCCO[C@H]2C)ccc1F. The van der Waals surface area contributed by atoms with Crippen LogP contribution in [0.4, 0.5) is 4.39 Å². The number of amides is 1. The van der Waals surface area contributed by atoms with E-state index in [1.54, 1.807) is 12.1 Å². The van der Waals surface area contributed by atoms with Crippen LogP contribution in [0.2, 0.25) is 0 Å². The van der Waals surface area contributed by atoms with E-state index < -0.39 is 0 Å². The van der Waals surface area contributed by atoms with Crippen molar-refractivity contribution < 1.29 is 18.7 Å². The average molecular weight is 295 g/mol. The zero-order valence-corrected chi connectivity index (χ0v) is 12.5. The Hall–Kier alpha value is -1.46. The first kappa shape index (κ1) is 15.9. The van der Waals surface area contributed by atoms with Crippen LogP contribution in [-0.4, -0.2) is 25.7 Å². The van der Waals surface area contributed by atoms with E-state index in [1.165, 1.54) is 13.2 Å². The molecule has 0 aromatic heterocycles. The van der Waals surface area contributed by atoms with Crippen molar-refractivity contribution in [3.8, 4) is 0 Å². The van der Waals surface area contributed by atoms with Crippen molar-refractivity contribution in [3.63, 3.8) is 0 Å². The lowest BCUT2D eigenvalue weighted by molar-refractivity contribution is -0.133. The predicted molar refractivity (Wildman–Crippen MR) is 77.1 cm³/mol. The van der Waals surface area contributed by atoms with E-state index in [4.69, 9.17) is 9.47 Å². The molecule has 116 valence electrons. The maximum Gasteiger partial charge on any atom is 0.225 e. The topological polar surface area (TPSA) is 47.6 Å². The molecule has 0 aliphatic carbocycles. The first-order valence-electron chi connectivity index (χ1n) is 7.27. The van der Waals surface area contributed by atoms with Gasteiger partial charge >= 0.3 is 0 Å². The Kier molecular flexibility index (Phi) is 5.70. The summed E-state index contributed by atoms with van der Waals surface area (Å²) in [4.78, 5) is 12.2. The fourth-order valence-electron chi connectivity index (χ4n) is 2.59. The standard InChI is InChI=1S/C16H22FNO3/c1-11-14(4-3-7-21-11)16(19)18-9-12-5-6-15(17)13(8-12)10-20-2/h5-6,8,11,14H,3-4,7,9-10H2,1-2H3,(H,18,19)/t11-,14+/m0/s1. The monoisotopic (exact) mass is 295 g/mol. The molecule has 1 aromatic carbocycles. The van der Waals surface area contributed by atoms with Gasteiger partial charge in [-0.15, -0.1) is 0 Å². The molecular weight excluding hydrogens is 273 g/mol. The van der Waals surface area contributed by atoms with Crippen LogP contribution in [0.15, 0.2) is 18.2 Å². The van der Waals surface area contributed by atoms with Gasteiger partial charge in [0, 0.05) is 25.8 Å². The number of hydrogen-bond donors (Lipinski definition) is 1. The van der Waals surface area contributed by atoms with Gasteiger partial charge in [-0.25, -0.2) is 4.39 Å². The number of rotatable bonds is 5. The maximum absolute atomic E-state index is 13.5. The van der Waals surface area contributed by atoms with Gasteiger partial charge in [-0.3, -0.25) is 4.79 Å². The number of carbonyl (C=O) groups excluding carboxylic acids is 1. The highest BCUT2D eigenvalue weighted by Gasteiger charge is 2.28. The molecule has 1 fully saturated rings. The van der Waals surface area contributed by atoms with Crippen LogP contribution in [-0.2, 0) is 27.4 Å². The van der Waals surface area contributed by atoms with Gasteiger partial charge in [-0.05, 0) is 37.5 Å². The molecule has 5 heteroatoms. The molecule has 4 nitrogen and oxygen atoms in total. The predicted octanol–water partition coefficient (Wildman–Crippen LogP) is 2.40. The van der Waals surface area contributed by atoms with E-state index in [0.717, 1.165) is 25.0 Å². The molecule has 1 amide bonds. The molecule has 1 aliphatic heterocycles. The molecule has 0 bridgehead atoms. The van der Waals surface area contributed by atoms with Crippen molar-refractivity contribution in [2.24, 2.45) is 5.92 Å². The van der Waals surface area contributed by atoms with Crippen LogP contribution in [0.25, 0.3) is 0 Å². The summed E-state index contributed by atoms with van der Waals surface area (Å²) in [5.41, 5.74) is 1.36. The van der Waals surface area contributed by atoms with Crippen molar-refractivity contribution in [2.75, 3.05) is 13.7 Å². The summed E-state index contributed by atoms with van der Waals surface area (Å²) in [5, 5.41) is 2.91. The molecule has 1 aliphatic rings. The third kappa shape index (κ3) is 4.25. The lowest BCUT2D eigenvalue weighted by atomic mass is 9.94. The quantitative estimate of drug-likeness (QED) is 0.907. The normalized spacial score (nSPS) is 22.0. The van der Waals surface area contributed by atoms with E-state index in [1.807, 2.05) is 6.92 Å². The summed E-state index contributed by atoms with van der Waals surface area (Å²) in [6, 6.07) is 4.80. The molecule has 1 heterocycles. The number of benzene rings is 1. The first-order chi connectivity index (χ1) is 10.1. The van der Waals surface area contributed by atoms with Crippen LogP contribution in [0.3, 0.4) is 0 Å². The molecule has 1 N–H and O–H groups in total. The average Bonchev–Trinajstić information content (AvgIpc) is 2.48. The van der Waals surface area contributed by atoms with E-state index in [-0.39, 0.29) is 30.4 Å². The minimum atomic E-state index is -0.291. The number of ether oxygens (including phenoxy) is 2. The van der Waals surface area contributed by atoms with E-state index >= 15 is 0 Å². The number of nitrogens with one attached hydrogen (secondary N) is 1. The Labute approximate surface area is 124 Å². The number of carbonyl (C=O) groups is 1. The number of halogens is 1. The number of hydrogen-bond acceptors (Lipinski definition) is 3. The van der Waals surface area contributed by atoms with Gasteiger partial charge in [0.1, 0.15) is 5.82 Å². The van der Waals surface area contributed by atoms with Crippen molar-refractivity contribution >= 4 is 5.91 Å². The lowest BCUT2D eigenvalue weighted by Crippen LogP contribution is -2.39. The van der Waals surface area contributed by atoms with Crippen LogP contribution in [0.1, 0.15) is 30.9 Å². The summed E-state index contributed by atoms with van der Waals surface area (Å²) in [6.07, 6.45) is 1.72. The second-order valence-electron chi connectivity index (χ2n) is 5.40. The molecule has 21 heavy (non-hydrogen) atoms. The van der Waals surface area contributed by atoms with E-state index in [2.05, 4.69) is 5.32 Å². The molecule has 0 radical (unpaired) electrons. The van der Waals surface area contributed by atoms with Crippen molar-refractivity contribution in [1.29, 1.82) is 0 Å². The largest absolute Gasteiger partial charge is 0.380 e. The Morgan fingerprint density at radius 2 is 2.33 bits per heavy atom. The van der Waals surface area contributed by atoms with Gasteiger partial charge in [0.2, 0.25) is 5.91 Å². The molecule has 1 saturated heterocycles. The fourth-order valence-corrected chi connectivity index (χ4v) is 2.59. The number of methoxy groups -OCH3 is 1. The van der Waals surface area contributed by atoms with Crippen molar-refractivity contribution in [1.82, 2.24) is 5.32 Å². The van der Waals surface area contributed by atoms with E-state index in [9.17, 15) is 9.18 Å². The molecule has 1 aromatic rings. The van der Waals surface area contributed by atoms with Crippen LogP contribution in [0.5, 0.6) is 0 Å². The molecule has 2 rings (SSSR count). The fraction of sp³-hybridized carbons (Fsp3) is 0.562. The summed E-state index contributed by atoms with van der Waals surface area (Å²) >= 11 is 0. The third-order valence-corrected chi connectivity index (χ3v) is 3.82. The molecule has 2 atom stereocenters. The van der Waals surface area contributed by atoms with Crippen LogP contribution in [0, 0.1) is 11.7 Å². The second-order valence-corrected chi connectivity index (χ2v) is 5.40. The van der Waals surface area contributed by atoms with Gasteiger partial charge < -0.3 is 14.8 Å². The van der Waals surface area contributed by atoms with Gasteiger partial charge in [0.15, 0.2) is 0 Å². The van der Waals surface area contributed by atoms with Crippen LogP contribution >= 0.6 is 0 Å².